The van der Waals surface area contributed by atoms with Crippen LogP contribution >= 0.6 is 0 Å². The molecule has 0 saturated carbocycles. The van der Waals surface area contributed by atoms with Crippen molar-refractivity contribution in [3.63, 3.8) is 0 Å². The van der Waals surface area contributed by atoms with Gasteiger partial charge < -0.3 is 5.73 Å². The van der Waals surface area contributed by atoms with E-state index in [1.165, 1.54) is 19.2 Å². The van der Waals surface area contributed by atoms with Crippen molar-refractivity contribution < 1.29 is 14.4 Å². The number of hydroxylamine groups is 2. The van der Waals surface area contributed by atoms with Crippen LogP contribution in [0.1, 0.15) is 6.42 Å². The van der Waals surface area contributed by atoms with Crippen molar-refractivity contribution in [3.05, 3.63) is 30.3 Å². The highest BCUT2D eigenvalue weighted by Gasteiger charge is 2.35. The lowest BCUT2D eigenvalue weighted by Gasteiger charge is -2.20. The molecule has 0 aliphatic carbocycles. The molecule has 2 rings (SSSR count). The van der Waals surface area contributed by atoms with Gasteiger partial charge in [-0.1, -0.05) is 18.2 Å². The van der Waals surface area contributed by atoms with Crippen molar-refractivity contribution in [1.82, 2.24) is 5.06 Å². The van der Waals surface area contributed by atoms with Crippen molar-refractivity contribution in [2.75, 3.05) is 19.2 Å². The molecule has 20 heavy (non-hydrogen) atoms. The van der Waals surface area contributed by atoms with E-state index in [4.69, 9.17) is 10.6 Å². The van der Waals surface area contributed by atoms with E-state index in [2.05, 4.69) is 5.10 Å². The Morgan fingerprint density at radius 1 is 1.40 bits per heavy atom. The zero-order valence-electron chi connectivity index (χ0n) is 11.3. The molecule has 106 valence electrons. The Morgan fingerprint density at radius 3 is 2.60 bits per heavy atom. The fraction of sp³-hybridized carbons (Fsp3) is 0.308. The highest BCUT2D eigenvalue weighted by Crippen LogP contribution is 2.24. The summed E-state index contributed by atoms with van der Waals surface area (Å²) < 4.78 is 0. The first kappa shape index (κ1) is 14.0. The molecule has 1 aliphatic rings. The van der Waals surface area contributed by atoms with E-state index in [1.807, 2.05) is 18.2 Å². The fourth-order valence-electron chi connectivity index (χ4n) is 1.94. The summed E-state index contributed by atoms with van der Waals surface area (Å²) in [4.78, 5) is 28.4. The van der Waals surface area contributed by atoms with Crippen LogP contribution < -0.4 is 10.7 Å². The topological polar surface area (TPSA) is 88.2 Å². The van der Waals surface area contributed by atoms with Crippen LogP contribution in [-0.2, 0) is 14.4 Å². The summed E-state index contributed by atoms with van der Waals surface area (Å²) in [5.41, 5.74) is 6.33. The van der Waals surface area contributed by atoms with Gasteiger partial charge in [0.2, 0.25) is 5.91 Å². The summed E-state index contributed by atoms with van der Waals surface area (Å²) >= 11 is 0. The molecule has 0 fully saturated rings. The van der Waals surface area contributed by atoms with Gasteiger partial charge in [0.1, 0.15) is 11.8 Å². The van der Waals surface area contributed by atoms with Gasteiger partial charge in [-0.05, 0) is 12.1 Å². The molecular weight excluding hydrogens is 260 g/mol. The van der Waals surface area contributed by atoms with E-state index in [9.17, 15) is 9.59 Å². The molecule has 7 heteroatoms. The number of primary amides is 1. The van der Waals surface area contributed by atoms with Crippen LogP contribution in [0.5, 0.6) is 0 Å². The minimum atomic E-state index is -0.665. The van der Waals surface area contributed by atoms with Gasteiger partial charge in [0.25, 0.3) is 5.91 Å². The van der Waals surface area contributed by atoms with Crippen LogP contribution in [0, 0.1) is 0 Å². The second-order valence-corrected chi connectivity index (χ2v) is 4.33. The average molecular weight is 276 g/mol. The predicted octanol–water partition coefficient (Wildman–Crippen LogP) is 0.126. The zero-order chi connectivity index (χ0) is 14.7. The van der Waals surface area contributed by atoms with Crippen LogP contribution in [0.2, 0.25) is 0 Å². The van der Waals surface area contributed by atoms with E-state index in [0.29, 0.717) is 5.69 Å². The highest BCUT2D eigenvalue weighted by molar-refractivity contribution is 6.40. The summed E-state index contributed by atoms with van der Waals surface area (Å²) in [6.07, 6.45) is 0.163. The molecule has 7 nitrogen and oxygen atoms in total. The third-order valence-corrected chi connectivity index (χ3v) is 3.07. The monoisotopic (exact) mass is 276 g/mol. The molecule has 1 aliphatic heterocycles. The quantitative estimate of drug-likeness (QED) is 0.791. The van der Waals surface area contributed by atoms with E-state index in [1.54, 1.807) is 12.1 Å². The molecule has 0 aromatic heterocycles. The molecule has 1 atom stereocenters. The maximum atomic E-state index is 12.0. The first-order valence-electron chi connectivity index (χ1n) is 6.08. The molecule has 2 amide bonds. The standard InChI is InChI=1S/C13H16N4O3/c1-16(20-2)13(19)10-8-11(12(14)18)17(15-10)9-6-4-3-5-7-9/h3-7,11H,8H2,1-2H3,(H2,14,18). The number of anilines is 1. The third kappa shape index (κ3) is 2.62. The molecule has 0 spiro atoms. The number of para-hydroxylation sites is 1. The number of hydrogen-bond acceptors (Lipinski definition) is 5. The number of benzene rings is 1. The molecule has 0 radical (unpaired) electrons. The summed E-state index contributed by atoms with van der Waals surface area (Å²) in [6, 6.07) is 8.43. The number of rotatable bonds is 4. The Balaban J connectivity index is 2.30. The van der Waals surface area contributed by atoms with Gasteiger partial charge in [0, 0.05) is 13.5 Å². The molecule has 1 aromatic carbocycles. The molecular formula is C13H16N4O3. The van der Waals surface area contributed by atoms with Crippen molar-refractivity contribution in [2.24, 2.45) is 10.8 Å². The van der Waals surface area contributed by atoms with Gasteiger partial charge in [0.15, 0.2) is 0 Å². The smallest absolute Gasteiger partial charge is 0.293 e. The van der Waals surface area contributed by atoms with Gasteiger partial charge in [-0.15, -0.1) is 0 Å². The highest BCUT2D eigenvalue weighted by atomic mass is 16.7. The van der Waals surface area contributed by atoms with Gasteiger partial charge in [-0.3, -0.25) is 19.4 Å². The molecule has 1 aromatic rings. The molecule has 1 unspecified atom stereocenters. The van der Waals surface area contributed by atoms with Gasteiger partial charge in [0.05, 0.1) is 12.8 Å². The fourth-order valence-corrected chi connectivity index (χ4v) is 1.94. The minimum absolute atomic E-state index is 0.163. The SMILES string of the molecule is CON(C)C(=O)C1=NN(c2ccccc2)C(C(N)=O)C1. The van der Waals surface area contributed by atoms with Crippen molar-refractivity contribution in [2.45, 2.75) is 12.5 Å². The molecule has 0 bridgehead atoms. The summed E-state index contributed by atoms with van der Waals surface area (Å²) in [6.45, 7) is 0. The number of hydrazone groups is 1. The summed E-state index contributed by atoms with van der Waals surface area (Å²) in [7, 11) is 2.86. The molecule has 1 heterocycles. The second kappa shape index (κ2) is 5.70. The summed E-state index contributed by atoms with van der Waals surface area (Å²) in [5.74, 6) is -0.919. The Morgan fingerprint density at radius 2 is 2.05 bits per heavy atom. The zero-order valence-corrected chi connectivity index (χ0v) is 11.3. The van der Waals surface area contributed by atoms with Crippen LogP contribution in [0.4, 0.5) is 5.69 Å². The Kier molecular flexibility index (Phi) is 3.99. The largest absolute Gasteiger partial charge is 0.368 e. The van der Waals surface area contributed by atoms with Crippen molar-refractivity contribution in [1.29, 1.82) is 0 Å². The van der Waals surface area contributed by atoms with E-state index in [0.717, 1.165) is 5.06 Å². The van der Waals surface area contributed by atoms with Crippen LogP contribution in [0.3, 0.4) is 0 Å². The molecule has 2 N–H and O–H groups in total. The van der Waals surface area contributed by atoms with Crippen LogP contribution in [-0.4, -0.2) is 42.8 Å². The number of nitrogens with zero attached hydrogens (tertiary/aromatic N) is 3. The number of carbonyl (C=O) groups is 2. The van der Waals surface area contributed by atoms with Crippen LogP contribution in [0.25, 0.3) is 0 Å². The van der Waals surface area contributed by atoms with Crippen molar-refractivity contribution >= 4 is 23.2 Å². The predicted molar refractivity (Wildman–Crippen MR) is 73.7 cm³/mol. The Bertz CT molecular complexity index is 544. The van der Waals surface area contributed by atoms with Crippen molar-refractivity contribution in [3.8, 4) is 0 Å². The first-order chi connectivity index (χ1) is 9.54. The molecule has 0 saturated heterocycles. The maximum absolute atomic E-state index is 12.0. The lowest BCUT2D eigenvalue weighted by molar-refractivity contribution is -0.160. The van der Waals surface area contributed by atoms with Gasteiger partial charge in [-0.2, -0.15) is 5.10 Å². The Hall–Kier alpha value is -2.41. The van der Waals surface area contributed by atoms with E-state index < -0.39 is 17.9 Å². The van der Waals surface area contributed by atoms with E-state index >= 15 is 0 Å². The number of carbonyl (C=O) groups excluding carboxylic acids is 2. The minimum Gasteiger partial charge on any atom is -0.368 e. The lowest BCUT2D eigenvalue weighted by Crippen LogP contribution is -2.40. The average Bonchev–Trinajstić information content (AvgIpc) is 2.92. The third-order valence-electron chi connectivity index (χ3n) is 3.07. The Labute approximate surface area is 116 Å². The second-order valence-electron chi connectivity index (χ2n) is 4.33. The van der Waals surface area contributed by atoms with Gasteiger partial charge in [-0.25, -0.2) is 5.06 Å². The lowest BCUT2D eigenvalue weighted by atomic mass is 10.1. The summed E-state index contributed by atoms with van der Waals surface area (Å²) in [5, 5.41) is 6.74. The number of amides is 2. The first-order valence-corrected chi connectivity index (χ1v) is 6.08. The number of hydrogen-bond donors (Lipinski definition) is 1. The maximum Gasteiger partial charge on any atom is 0.293 e. The van der Waals surface area contributed by atoms with Gasteiger partial charge >= 0.3 is 0 Å². The van der Waals surface area contributed by atoms with Crippen LogP contribution in [0.15, 0.2) is 35.4 Å². The van der Waals surface area contributed by atoms with E-state index in [-0.39, 0.29) is 12.1 Å². The normalized spacial score (nSPS) is 17.8. The number of nitrogens with two attached hydrogens (primary N) is 1.